The Morgan fingerprint density at radius 3 is 2.83 bits per heavy atom. The highest BCUT2D eigenvalue weighted by molar-refractivity contribution is 5.90. The molecular weight excluding hydrogens is 148 g/mol. The fourth-order valence-electron chi connectivity index (χ4n) is 3.37. The van der Waals surface area contributed by atoms with Crippen molar-refractivity contribution >= 4 is 5.78 Å². The molecule has 0 radical (unpaired) electrons. The fourth-order valence-corrected chi connectivity index (χ4v) is 3.37. The molecule has 3 rings (SSSR count). The molecule has 0 N–H and O–H groups in total. The predicted octanol–water partition coefficient (Wildman–Crippen LogP) is 2.26. The number of rotatable bonds is 1. The summed E-state index contributed by atoms with van der Waals surface area (Å²) in [5.74, 6) is 3.16. The van der Waals surface area contributed by atoms with E-state index in [0.29, 0.717) is 23.0 Å². The summed E-state index contributed by atoms with van der Waals surface area (Å²) in [6.07, 6.45) is 3.81. The summed E-state index contributed by atoms with van der Waals surface area (Å²) in [6.45, 7) is 4.58. The van der Waals surface area contributed by atoms with E-state index in [0.717, 1.165) is 11.8 Å². The molecule has 3 fully saturated rings. The lowest BCUT2D eigenvalue weighted by Crippen LogP contribution is -2.23. The largest absolute Gasteiger partial charge is 0.299 e. The van der Waals surface area contributed by atoms with Crippen LogP contribution in [0.2, 0.25) is 0 Å². The van der Waals surface area contributed by atoms with Crippen LogP contribution in [0.25, 0.3) is 0 Å². The van der Waals surface area contributed by atoms with Crippen LogP contribution in [-0.4, -0.2) is 5.78 Å². The molecule has 0 bridgehead atoms. The lowest BCUT2D eigenvalue weighted by molar-refractivity contribution is -0.124. The Labute approximate surface area is 73.5 Å². The average molecular weight is 164 g/mol. The van der Waals surface area contributed by atoms with Gasteiger partial charge in [-0.05, 0) is 36.5 Å². The molecule has 0 aromatic heterocycles. The minimum absolute atomic E-state index is 0.481. The third-order valence-electron chi connectivity index (χ3n) is 4.54. The Kier molecular flexibility index (Phi) is 1.06. The topological polar surface area (TPSA) is 17.1 Å². The van der Waals surface area contributed by atoms with Crippen LogP contribution in [0.3, 0.4) is 0 Å². The number of Topliss-reactive ketones (excluding diaryl/α,β-unsaturated/α-hetero) is 1. The van der Waals surface area contributed by atoms with Gasteiger partial charge in [-0.1, -0.05) is 13.8 Å². The molecule has 12 heavy (non-hydrogen) atoms. The molecule has 3 aliphatic rings. The summed E-state index contributed by atoms with van der Waals surface area (Å²) in [5.41, 5.74) is 0.481. The van der Waals surface area contributed by atoms with Crippen LogP contribution in [0, 0.1) is 29.1 Å². The van der Waals surface area contributed by atoms with Gasteiger partial charge in [0.15, 0.2) is 0 Å². The zero-order chi connectivity index (χ0) is 8.51. The second-order valence-electron chi connectivity index (χ2n) is 5.35. The number of carbonyl (C=O) groups excluding carboxylic acids is 1. The molecule has 0 aliphatic heterocycles. The van der Waals surface area contributed by atoms with E-state index in [4.69, 9.17) is 0 Å². The number of carbonyl (C=O) groups is 1. The number of hydrogen-bond acceptors (Lipinski definition) is 1. The standard InChI is InChI=1S/C11H16O/c1-6(2)11-4-7-3-8(7)10(12)9(11)5-11/h6-9H,3-5H2,1-2H3/t7-,8-,9+,11+/m0/s1. The van der Waals surface area contributed by atoms with E-state index in [1.165, 1.54) is 19.3 Å². The van der Waals surface area contributed by atoms with E-state index in [9.17, 15) is 4.79 Å². The second kappa shape index (κ2) is 1.78. The van der Waals surface area contributed by atoms with Crippen molar-refractivity contribution in [3.63, 3.8) is 0 Å². The highest BCUT2D eigenvalue weighted by atomic mass is 16.1. The maximum Gasteiger partial charge on any atom is 0.139 e. The number of ketones is 1. The first-order valence-electron chi connectivity index (χ1n) is 5.19. The number of hydrogen-bond donors (Lipinski definition) is 0. The Balaban J connectivity index is 1.90. The molecule has 4 atom stereocenters. The van der Waals surface area contributed by atoms with Crippen molar-refractivity contribution in [2.75, 3.05) is 0 Å². The van der Waals surface area contributed by atoms with Gasteiger partial charge in [0, 0.05) is 11.8 Å². The Bertz CT molecular complexity index is 256. The summed E-state index contributed by atoms with van der Waals surface area (Å²) in [5, 5.41) is 0. The summed E-state index contributed by atoms with van der Waals surface area (Å²) < 4.78 is 0. The van der Waals surface area contributed by atoms with E-state index in [-0.39, 0.29) is 0 Å². The molecule has 3 aliphatic carbocycles. The molecule has 0 heterocycles. The van der Waals surface area contributed by atoms with Crippen molar-refractivity contribution in [2.45, 2.75) is 33.1 Å². The third kappa shape index (κ3) is 0.641. The molecule has 0 saturated heterocycles. The van der Waals surface area contributed by atoms with Gasteiger partial charge in [-0.25, -0.2) is 0 Å². The van der Waals surface area contributed by atoms with E-state index >= 15 is 0 Å². The van der Waals surface area contributed by atoms with Crippen LogP contribution in [0.1, 0.15) is 33.1 Å². The van der Waals surface area contributed by atoms with Crippen molar-refractivity contribution in [3.05, 3.63) is 0 Å². The summed E-state index contributed by atoms with van der Waals surface area (Å²) in [6, 6.07) is 0. The van der Waals surface area contributed by atoms with Crippen molar-refractivity contribution in [1.29, 1.82) is 0 Å². The van der Waals surface area contributed by atoms with E-state index in [1.54, 1.807) is 0 Å². The molecular formula is C11H16O. The van der Waals surface area contributed by atoms with Crippen LogP contribution >= 0.6 is 0 Å². The zero-order valence-corrected chi connectivity index (χ0v) is 7.84. The first kappa shape index (κ1) is 7.11. The van der Waals surface area contributed by atoms with Crippen LogP contribution in [0.15, 0.2) is 0 Å². The Hall–Kier alpha value is -0.330. The Morgan fingerprint density at radius 2 is 2.17 bits per heavy atom. The third-order valence-corrected chi connectivity index (χ3v) is 4.54. The van der Waals surface area contributed by atoms with Gasteiger partial charge in [-0.2, -0.15) is 0 Å². The van der Waals surface area contributed by atoms with Crippen LogP contribution in [-0.2, 0) is 4.79 Å². The smallest absolute Gasteiger partial charge is 0.139 e. The minimum atomic E-state index is 0.481. The highest BCUT2D eigenvalue weighted by Gasteiger charge is 2.69. The van der Waals surface area contributed by atoms with Gasteiger partial charge in [-0.15, -0.1) is 0 Å². The van der Waals surface area contributed by atoms with Gasteiger partial charge in [0.05, 0.1) is 0 Å². The molecule has 0 amide bonds. The van der Waals surface area contributed by atoms with Gasteiger partial charge in [0.2, 0.25) is 0 Å². The summed E-state index contributed by atoms with van der Waals surface area (Å²) in [4.78, 5) is 11.7. The molecule has 0 spiro atoms. The lowest BCUT2D eigenvalue weighted by atomic mass is 9.80. The second-order valence-corrected chi connectivity index (χ2v) is 5.35. The lowest BCUT2D eigenvalue weighted by Gasteiger charge is -2.24. The molecule has 1 heteroatoms. The van der Waals surface area contributed by atoms with Crippen molar-refractivity contribution in [3.8, 4) is 0 Å². The maximum atomic E-state index is 11.7. The van der Waals surface area contributed by atoms with Crippen LogP contribution in [0.4, 0.5) is 0 Å². The first-order chi connectivity index (χ1) is 5.65. The van der Waals surface area contributed by atoms with Gasteiger partial charge in [0.25, 0.3) is 0 Å². The van der Waals surface area contributed by atoms with E-state index < -0.39 is 0 Å². The van der Waals surface area contributed by atoms with Gasteiger partial charge in [0.1, 0.15) is 5.78 Å². The molecule has 3 saturated carbocycles. The first-order valence-corrected chi connectivity index (χ1v) is 5.19. The average Bonchev–Trinajstić information content (AvgIpc) is 2.80. The quantitative estimate of drug-likeness (QED) is 0.581. The van der Waals surface area contributed by atoms with E-state index in [1.807, 2.05) is 0 Å². The maximum absolute atomic E-state index is 11.7. The summed E-state index contributed by atoms with van der Waals surface area (Å²) in [7, 11) is 0. The highest BCUT2D eigenvalue weighted by Crippen LogP contribution is 2.71. The van der Waals surface area contributed by atoms with Gasteiger partial charge < -0.3 is 0 Å². The predicted molar refractivity (Wildman–Crippen MR) is 46.6 cm³/mol. The van der Waals surface area contributed by atoms with E-state index in [2.05, 4.69) is 13.8 Å². The normalized spacial score (nSPS) is 54.9. The van der Waals surface area contributed by atoms with Gasteiger partial charge in [-0.3, -0.25) is 4.79 Å². The number of fused-ring (bicyclic) bond motifs is 2. The van der Waals surface area contributed by atoms with Crippen LogP contribution < -0.4 is 0 Å². The SMILES string of the molecule is CC(C)[C@]12C[C@@H]3C[C@@H]3C(=O)[C@H]1C2. The molecule has 0 unspecified atom stereocenters. The van der Waals surface area contributed by atoms with Crippen molar-refractivity contribution < 1.29 is 4.79 Å². The molecule has 1 nitrogen and oxygen atoms in total. The molecule has 0 aromatic carbocycles. The van der Waals surface area contributed by atoms with Gasteiger partial charge >= 0.3 is 0 Å². The fraction of sp³-hybridized carbons (Fsp3) is 0.909. The van der Waals surface area contributed by atoms with Crippen molar-refractivity contribution in [2.24, 2.45) is 29.1 Å². The monoisotopic (exact) mass is 164 g/mol. The minimum Gasteiger partial charge on any atom is -0.299 e. The molecule has 66 valence electrons. The van der Waals surface area contributed by atoms with Crippen molar-refractivity contribution in [1.82, 2.24) is 0 Å². The Morgan fingerprint density at radius 1 is 1.42 bits per heavy atom. The van der Waals surface area contributed by atoms with Crippen LogP contribution in [0.5, 0.6) is 0 Å². The molecule has 0 aromatic rings. The zero-order valence-electron chi connectivity index (χ0n) is 7.84. The summed E-state index contributed by atoms with van der Waals surface area (Å²) >= 11 is 0.